The van der Waals surface area contributed by atoms with Gasteiger partial charge in [-0.15, -0.1) is 0 Å². The molecular weight excluding hydrogens is 379 g/mol. The molecule has 6 heteroatoms. The molecule has 1 aliphatic rings. The molecule has 1 aliphatic heterocycles. The van der Waals surface area contributed by atoms with Crippen molar-refractivity contribution < 1.29 is 9.18 Å². The number of anilines is 2. The van der Waals surface area contributed by atoms with Crippen LogP contribution in [0.25, 0.3) is 11.3 Å². The molecule has 0 radical (unpaired) electrons. The van der Waals surface area contributed by atoms with E-state index in [1.807, 2.05) is 36.4 Å². The maximum atomic E-state index is 13.5. The van der Waals surface area contributed by atoms with Crippen LogP contribution in [-0.2, 0) is 11.2 Å². The van der Waals surface area contributed by atoms with Crippen LogP contribution in [0.2, 0.25) is 0 Å². The van der Waals surface area contributed by atoms with Crippen LogP contribution in [0.1, 0.15) is 25.3 Å². The lowest BCUT2D eigenvalue weighted by Gasteiger charge is -2.32. The minimum Gasteiger partial charge on any atom is -0.356 e. The summed E-state index contributed by atoms with van der Waals surface area (Å²) in [7, 11) is 0. The van der Waals surface area contributed by atoms with Gasteiger partial charge in [0.2, 0.25) is 5.91 Å². The lowest BCUT2D eigenvalue weighted by molar-refractivity contribution is -0.120. The van der Waals surface area contributed by atoms with E-state index in [0.717, 1.165) is 49.4 Å². The number of nitrogens with one attached hydrogen (secondary N) is 1. The Hall–Kier alpha value is -3.28. The Kier molecular flexibility index (Phi) is 6.02. The molecule has 4 rings (SSSR count). The molecule has 1 aromatic heterocycles. The highest BCUT2D eigenvalue weighted by molar-refractivity contribution is 5.92. The normalized spacial score (nSPS) is 14.5. The predicted octanol–water partition coefficient (Wildman–Crippen LogP) is 4.70. The van der Waals surface area contributed by atoms with Gasteiger partial charge >= 0.3 is 0 Å². The first-order valence-electron chi connectivity index (χ1n) is 10.3. The number of piperidine rings is 1. The Labute approximate surface area is 176 Å². The molecule has 1 fully saturated rings. The number of hydrogen-bond acceptors (Lipinski definition) is 4. The fraction of sp³-hybridized carbons (Fsp3) is 0.292. The van der Waals surface area contributed by atoms with Gasteiger partial charge in [0.05, 0.1) is 5.69 Å². The molecule has 3 aromatic rings. The maximum absolute atomic E-state index is 13.5. The third-order valence-corrected chi connectivity index (χ3v) is 5.59. The van der Waals surface area contributed by atoms with E-state index < -0.39 is 0 Å². The highest BCUT2D eigenvalue weighted by Gasteiger charge is 2.26. The standard InChI is InChI=1S/C24H25FN4O/c1-2-17-6-8-21(9-7-17)28-24(30)18-10-12-29(13-11-18)23-15-22(26-16-27-23)19-4-3-5-20(25)14-19/h3-9,14-16,18H,2,10-13H2,1H3,(H,28,30). The van der Waals surface area contributed by atoms with Gasteiger partial charge in [-0.2, -0.15) is 0 Å². The average molecular weight is 404 g/mol. The summed E-state index contributed by atoms with van der Waals surface area (Å²) in [5.41, 5.74) is 3.51. The maximum Gasteiger partial charge on any atom is 0.227 e. The lowest BCUT2D eigenvalue weighted by Crippen LogP contribution is -2.38. The number of aryl methyl sites for hydroxylation is 1. The predicted molar refractivity (Wildman–Crippen MR) is 117 cm³/mol. The van der Waals surface area contributed by atoms with Crippen molar-refractivity contribution >= 4 is 17.4 Å². The number of carbonyl (C=O) groups is 1. The van der Waals surface area contributed by atoms with Crippen molar-refractivity contribution in [2.24, 2.45) is 5.92 Å². The first kappa shape index (κ1) is 20.0. The first-order valence-corrected chi connectivity index (χ1v) is 10.3. The summed E-state index contributed by atoms with van der Waals surface area (Å²) in [6.07, 6.45) is 4.02. The zero-order chi connectivity index (χ0) is 20.9. The second-order valence-electron chi connectivity index (χ2n) is 7.57. The van der Waals surface area contributed by atoms with Crippen LogP contribution >= 0.6 is 0 Å². The number of nitrogens with zero attached hydrogens (tertiary/aromatic N) is 3. The van der Waals surface area contributed by atoms with Gasteiger partial charge in [0.25, 0.3) is 0 Å². The van der Waals surface area contributed by atoms with Crippen LogP contribution in [0.5, 0.6) is 0 Å². The van der Waals surface area contributed by atoms with Gasteiger partial charge in [0.1, 0.15) is 18.0 Å². The number of aromatic nitrogens is 2. The molecule has 154 valence electrons. The number of rotatable bonds is 5. The van der Waals surface area contributed by atoms with Crippen LogP contribution in [-0.4, -0.2) is 29.0 Å². The van der Waals surface area contributed by atoms with Crippen molar-refractivity contribution in [2.45, 2.75) is 26.2 Å². The topological polar surface area (TPSA) is 58.1 Å². The molecule has 0 atom stereocenters. The van der Waals surface area contributed by atoms with Crippen molar-refractivity contribution in [3.8, 4) is 11.3 Å². The fourth-order valence-electron chi connectivity index (χ4n) is 3.76. The zero-order valence-corrected chi connectivity index (χ0v) is 17.0. The Balaban J connectivity index is 1.37. The lowest BCUT2D eigenvalue weighted by atomic mass is 9.95. The van der Waals surface area contributed by atoms with E-state index in [-0.39, 0.29) is 17.6 Å². The number of hydrogen-bond donors (Lipinski definition) is 1. The van der Waals surface area contributed by atoms with E-state index in [2.05, 4.69) is 27.1 Å². The van der Waals surface area contributed by atoms with Crippen molar-refractivity contribution in [2.75, 3.05) is 23.3 Å². The molecule has 1 saturated heterocycles. The molecule has 0 spiro atoms. The minimum atomic E-state index is -0.288. The molecular formula is C24H25FN4O. The first-order chi connectivity index (χ1) is 14.6. The Morgan fingerprint density at radius 2 is 1.87 bits per heavy atom. The summed E-state index contributed by atoms with van der Waals surface area (Å²) in [6.45, 7) is 3.60. The number of carbonyl (C=O) groups excluding carboxylic acids is 1. The molecule has 0 bridgehead atoms. The van der Waals surface area contributed by atoms with Crippen molar-refractivity contribution in [3.63, 3.8) is 0 Å². The third kappa shape index (κ3) is 4.64. The number of halogens is 1. The zero-order valence-electron chi connectivity index (χ0n) is 17.0. The molecule has 1 N–H and O–H groups in total. The molecule has 0 unspecified atom stereocenters. The van der Waals surface area contributed by atoms with Crippen LogP contribution < -0.4 is 10.2 Å². The number of benzene rings is 2. The summed E-state index contributed by atoms with van der Waals surface area (Å²) >= 11 is 0. The highest BCUT2D eigenvalue weighted by Crippen LogP contribution is 2.26. The van der Waals surface area contributed by atoms with Crippen molar-refractivity contribution in [1.29, 1.82) is 0 Å². The van der Waals surface area contributed by atoms with Crippen LogP contribution in [0.15, 0.2) is 60.9 Å². The van der Waals surface area contributed by atoms with Crippen LogP contribution in [0.4, 0.5) is 15.9 Å². The number of amides is 1. The minimum absolute atomic E-state index is 0.0170. The van der Waals surface area contributed by atoms with E-state index in [4.69, 9.17) is 0 Å². The van der Waals surface area contributed by atoms with Gasteiger partial charge in [-0.05, 0) is 49.1 Å². The van der Waals surface area contributed by atoms with Crippen LogP contribution in [0.3, 0.4) is 0 Å². The van der Waals surface area contributed by atoms with Crippen molar-refractivity contribution in [1.82, 2.24) is 9.97 Å². The molecule has 5 nitrogen and oxygen atoms in total. The third-order valence-electron chi connectivity index (χ3n) is 5.59. The fourth-order valence-corrected chi connectivity index (χ4v) is 3.76. The van der Waals surface area contributed by atoms with Gasteiger partial charge in [-0.3, -0.25) is 4.79 Å². The highest BCUT2D eigenvalue weighted by atomic mass is 19.1. The van der Waals surface area contributed by atoms with E-state index in [9.17, 15) is 9.18 Å². The molecule has 30 heavy (non-hydrogen) atoms. The molecule has 2 aromatic carbocycles. The van der Waals surface area contributed by atoms with E-state index in [0.29, 0.717) is 5.69 Å². The van der Waals surface area contributed by atoms with E-state index in [1.165, 1.54) is 24.0 Å². The average Bonchev–Trinajstić information content (AvgIpc) is 2.80. The van der Waals surface area contributed by atoms with E-state index >= 15 is 0 Å². The molecule has 1 amide bonds. The Morgan fingerprint density at radius 1 is 1.10 bits per heavy atom. The summed E-state index contributed by atoms with van der Waals surface area (Å²) in [5.74, 6) is 0.570. The SMILES string of the molecule is CCc1ccc(NC(=O)C2CCN(c3cc(-c4cccc(F)c4)ncn3)CC2)cc1. The molecule has 0 aliphatic carbocycles. The molecule has 2 heterocycles. The smallest absolute Gasteiger partial charge is 0.227 e. The summed E-state index contributed by atoms with van der Waals surface area (Å²) in [4.78, 5) is 23.5. The summed E-state index contributed by atoms with van der Waals surface area (Å²) in [6, 6.07) is 16.3. The monoisotopic (exact) mass is 404 g/mol. The van der Waals surface area contributed by atoms with E-state index in [1.54, 1.807) is 6.07 Å². The van der Waals surface area contributed by atoms with Gasteiger partial charge in [0.15, 0.2) is 0 Å². The largest absolute Gasteiger partial charge is 0.356 e. The Morgan fingerprint density at radius 3 is 2.57 bits per heavy atom. The van der Waals surface area contributed by atoms with Gasteiger partial charge < -0.3 is 10.2 Å². The summed E-state index contributed by atoms with van der Waals surface area (Å²) in [5, 5.41) is 3.03. The van der Waals surface area contributed by atoms with Gasteiger partial charge in [-0.25, -0.2) is 14.4 Å². The van der Waals surface area contributed by atoms with Crippen molar-refractivity contribution in [3.05, 3.63) is 72.3 Å². The summed E-state index contributed by atoms with van der Waals surface area (Å²) < 4.78 is 13.5. The quantitative estimate of drug-likeness (QED) is 0.670. The van der Waals surface area contributed by atoms with Gasteiger partial charge in [-0.1, -0.05) is 31.2 Å². The van der Waals surface area contributed by atoms with Crippen LogP contribution in [0, 0.1) is 11.7 Å². The second-order valence-corrected chi connectivity index (χ2v) is 7.57. The van der Waals surface area contributed by atoms with Gasteiger partial charge in [0, 0.05) is 36.3 Å². The molecule has 0 saturated carbocycles. The Bertz CT molecular complexity index is 1010. The second kappa shape index (κ2) is 9.03.